The molecule has 122 valence electrons. The van der Waals surface area contributed by atoms with E-state index in [0.717, 1.165) is 15.6 Å². The third-order valence-corrected chi connectivity index (χ3v) is 4.75. The smallest absolute Gasteiger partial charge is 0.259 e. The first kappa shape index (κ1) is 16.8. The van der Waals surface area contributed by atoms with Crippen molar-refractivity contribution in [2.75, 3.05) is 5.32 Å². The lowest BCUT2D eigenvalue weighted by molar-refractivity contribution is 0.102. The number of halogens is 2. The van der Waals surface area contributed by atoms with Gasteiger partial charge in [-0.25, -0.2) is 0 Å². The minimum atomic E-state index is -0.218. The van der Waals surface area contributed by atoms with Crippen molar-refractivity contribution >= 4 is 39.1 Å². The number of rotatable bonds is 3. The van der Waals surface area contributed by atoms with E-state index < -0.39 is 0 Å². The fraction of sp³-hybridized carbons (Fsp3) is 0.105. The second kappa shape index (κ2) is 6.83. The highest BCUT2D eigenvalue weighted by atomic mass is 79.9. The van der Waals surface area contributed by atoms with Gasteiger partial charge in [0.2, 0.25) is 0 Å². The van der Waals surface area contributed by atoms with Crippen molar-refractivity contribution in [2.45, 2.75) is 13.8 Å². The highest BCUT2D eigenvalue weighted by Gasteiger charge is 2.17. The fourth-order valence-electron chi connectivity index (χ4n) is 2.40. The molecule has 0 aliphatic carbocycles. The van der Waals surface area contributed by atoms with Crippen molar-refractivity contribution < 1.29 is 9.21 Å². The summed E-state index contributed by atoms with van der Waals surface area (Å²) in [4.78, 5) is 12.6. The van der Waals surface area contributed by atoms with Gasteiger partial charge in [0.25, 0.3) is 5.91 Å². The third-order valence-electron chi connectivity index (χ3n) is 3.81. The van der Waals surface area contributed by atoms with Gasteiger partial charge in [0, 0.05) is 20.7 Å². The summed E-state index contributed by atoms with van der Waals surface area (Å²) in [5.41, 5.74) is 2.95. The Bertz CT molecular complexity index is 900. The van der Waals surface area contributed by atoms with Crippen molar-refractivity contribution in [3.8, 4) is 11.3 Å². The van der Waals surface area contributed by atoms with Gasteiger partial charge in [-0.3, -0.25) is 4.79 Å². The van der Waals surface area contributed by atoms with Gasteiger partial charge in [0.05, 0.1) is 5.56 Å². The average molecular weight is 405 g/mol. The lowest BCUT2D eigenvalue weighted by Crippen LogP contribution is -2.13. The molecule has 1 N–H and O–H groups in total. The predicted molar refractivity (Wildman–Crippen MR) is 101 cm³/mol. The van der Waals surface area contributed by atoms with Gasteiger partial charge in [0.1, 0.15) is 11.5 Å². The molecule has 3 nitrogen and oxygen atoms in total. The topological polar surface area (TPSA) is 42.2 Å². The second-order valence-electron chi connectivity index (χ2n) is 5.45. The van der Waals surface area contributed by atoms with Gasteiger partial charge in [-0.1, -0.05) is 45.7 Å². The van der Waals surface area contributed by atoms with Crippen LogP contribution < -0.4 is 5.32 Å². The van der Waals surface area contributed by atoms with E-state index in [1.165, 1.54) is 0 Å². The molecule has 0 saturated carbocycles. The van der Waals surface area contributed by atoms with E-state index in [1.807, 2.05) is 37.3 Å². The number of hydrogen-bond acceptors (Lipinski definition) is 2. The summed E-state index contributed by atoms with van der Waals surface area (Å²) in [7, 11) is 0. The zero-order chi connectivity index (χ0) is 17.3. The molecule has 3 aromatic rings. The molecule has 0 atom stereocenters. The molecule has 0 aliphatic rings. The van der Waals surface area contributed by atoms with Crippen molar-refractivity contribution in [2.24, 2.45) is 0 Å². The van der Waals surface area contributed by atoms with E-state index in [9.17, 15) is 4.79 Å². The van der Waals surface area contributed by atoms with Gasteiger partial charge in [-0.05, 0) is 49.7 Å². The fourth-order valence-corrected chi connectivity index (χ4v) is 2.84. The van der Waals surface area contributed by atoms with Crippen LogP contribution in [0.25, 0.3) is 11.3 Å². The number of furan rings is 1. The number of anilines is 1. The molecule has 5 heteroatoms. The first-order valence-electron chi connectivity index (χ1n) is 7.38. The third kappa shape index (κ3) is 3.40. The summed E-state index contributed by atoms with van der Waals surface area (Å²) >= 11 is 9.50. The molecule has 0 bridgehead atoms. The number of carbonyl (C=O) groups is 1. The average Bonchev–Trinajstić information content (AvgIpc) is 2.94. The lowest BCUT2D eigenvalue weighted by Gasteiger charge is -2.08. The maximum atomic E-state index is 12.6. The molecule has 1 amide bonds. The van der Waals surface area contributed by atoms with Crippen LogP contribution in [0, 0.1) is 13.8 Å². The molecule has 0 fully saturated rings. The number of hydrogen-bond donors (Lipinski definition) is 1. The van der Waals surface area contributed by atoms with Crippen LogP contribution in [0.15, 0.2) is 57.4 Å². The molecule has 2 aromatic carbocycles. The Hall–Kier alpha value is -2.04. The molecule has 3 rings (SSSR count). The second-order valence-corrected chi connectivity index (χ2v) is 6.78. The molecule has 0 unspecified atom stereocenters. The quantitative estimate of drug-likeness (QED) is 0.562. The number of carbonyl (C=O) groups excluding carboxylic acids is 1. The Labute approximate surface area is 153 Å². The standard InChI is InChI=1S/C19H15BrClNO2/c1-11-16(21)4-3-5-17(11)22-19(23)15-10-18(24-12(15)2)13-6-8-14(20)9-7-13/h3-10H,1-2H3,(H,22,23). The van der Waals surface area contributed by atoms with Gasteiger partial charge < -0.3 is 9.73 Å². The first-order chi connectivity index (χ1) is 11.5. The number of nitrogens with one attached hydrogen (secondary N) is 1. The predicted octanol–water partition coefficient (Wildman–Crippen LogP) is 6.23. The van der Waals surface area contributed by atoms with Crippen LogP contribution in [0.2, 0.25) is 5.02 Å². The summed E-state index contributed by atoms with van der Waals surface area (Å²) in [5.74, 6) is 1.02. The minimum absolute atomic E-state index is 0.218. The number of amides is 1. The largest absolute Gasteiger partial charge is 0.461 e. The van der Waals surface area contributed by atoms with Gasteiger partial charge in [0.15, 0.2) is 0 Å². The van der Waals surface area contributed by atoms with E-state index >= 15 is 0 Å². The summed E-state index contributed by atoms with van der Waals surface area (Å²) in [6.45, 7) is 3.65. The number of aryl methyl sites for hydroxylation is 1. The van der Waals surface area contributed by atoms with E-state index in [2.05, 4.69) is 21.2 Å². The highest BCUT2D eigenvalue weighted by Crippen LogP contribution is 2.28. The SMILES string of the molecule is Cc1oc(-c2ccc(Br)cc2)cc1C(=O)Nc1cccc(Cl)c1C. The summed E-state index contributed by atoms with van der Waals surface area (Å²) < 4.78 is 6.74. The van der Waals surface area contributed by atoms with Crippen molar-refractivity contribution in [3.63, 3.8) is 0 Å². The van der Waals surface area contributed by atoms with Crippen molar-refractivity contribution in [1.82, 2.24) is 0 Å². The van der Waals surface area contributed by atoms with E-state index in [1.54, 1.807) is 25.1 Å². The highest BCUT2D eigenvalue weighted by molar-refractivity contribution is 9.10. The molecule has 0 saturated heterocycles. The van der Waals surface area contributed by atoms with Gasteiger partial charge in [-0.15, -0.1) is 0 Å². The first-order valence-corrected chi connectivity index (χ1v) is 8.55. The van der Waals surface area contributed by atoms with Gasteiger partial charge >= 0.3 is 0 Å². The Kier molecular flexibility index (Phi) is 4.78. The number of benzene rings is 2. The van der Waals surface area contributed by atoms with E-state index in [-0.39, 0.29) is 5.91 Å². The minimum Gasteiger partial charge on any atom is -0.461 e. The maximum Gasteiger partial charge on any atom is 0.259 e. The van der Waals surface area contributed by atoms with Crippen LogP contribution in [0.4, 0.5) is 5.69 Å². The normalized spacial score (nSPS) is 10.7. The monoisotopic (exact) mass is 403 g/mol. The van der Waals surface area contributed by atoms with Crippen LogP contribution in [-0.2, 0) is 0 Å². The molecular weight excluding hydrogens is 390 g/mol. The Morgan fingerprint density at radius 3 is 2.54 bits per heavy atom. The molecular formula is C19H15BrClNO2. The Balaban J connectivity index is 1.88. The molecule has 0 spiro atoms. The maximum absolute atomic E-state index is 12.6. The Morgan fingerprint density at radius 2 is 1.83 bits per heavy atom. The van der Waals surface area contributed by atoms with Crippen molar-refractivity contribution in [1.29, 1.82) is 0 Å². The lowest BCUT2D eigenvalue weighted by atomic mass is 10.1. The van der Waals surface area contributed by atoms with E-state index in [0.29, 0.717) is 27.8 Å². The van der Waals surface area contributed by atoms with Crippen LogP contribution in [0.3, 0.4) is 0 Å². The molecule has 1 aromatic heterocycles. The molecule has 0 radical (unpaired) electrons. The molecule has 0 aliphatic heterocycles. The summed E-state index contributed by atoms with van der Waals surface area (Å²) in [5, 5.41) is 3.51. The van der Waals surface area contributed by atoms with Crippen LogP contribution in [-0.4, -0.2) is 5.91 Å². The Morgan fingerprint density at radius 1 is 1.12 bits per heavy atom. The van der Waals surface area contributed by atoms with Crippen molar-refractivity contribution in [3.05, 3.63) is 74.9 Å². The summed E-state index contributed by atoms with van der Waals surface area (Å²) in [6, 6.07) is 14.9. The van der Waals surface area contributed by atoms with Crippen LogP contribution in [0.5, 0.6) is 0 Å². The zero-order valence-corrected chi connectivity index (χ0v) is 15.5. The zero-order valence-electron chi connectivity index (χ0n) is 13.2. The van der Waals surface area contributed by atoms with E-state index in [4.69, 9.17) is 16.0 Å². The summed E-state index contributed by atoms with van der Waals surface area (Å²) in [6.07, 6.45) is 0. The molecule has 24 heavy (non-hydrogen) atoms. The van der Waals surface area contributed by atoms with Crippen LogP contribution >= 0.6 is 27.5 Å². The van der Waals surface area contributed by atoms with Gasteiger partial charge in [-0.2, -0.15) is 0 Å². The van der Waals surface area contributed by atoms with Crippen LogP contribution in [0.1, 0.15) is 21.7 Å². The molecule has 1 heterocycles.